The molecule has 1 fully saturated rings. The maximum Gasteiger partial charge on any atom is 3.00 e. The van der Waals surface area contributed by atoms with Crippen LogP contribution >= 0.6 is 0 Å². The van der Waals surface area contributed by atoms with Gasteiger partial charge in [-0.1, -0.05) is 32.1 Å². The first-order valence-corrected chi connectivity index (χ1v) is 3.11. The first-order valence-electron chi connectivity index (χ1n) is 3.11. The first-order chi connectivity index (χ1) is 3.39. The molecule has 0 aromatic carbocycles. The summed E-state index contributed by atoms with van der Waals surface area (Å²) < 4.78 is 0. The molecule has 1 N–H and O–H groups in total. The third kappa shape index (κ3) is 7.53. The van der Waals surface area contributed by atoms with Crippen molar-refractivity contribution in [1.82, 2.24) is 0 Å². The van der Waals surface area contributed by atoms with E-state index in [4.69, 9.17) is 5.73 Å². The van der Waals surface area contributed by atoms with Crippen LogP contribution in [0.3, 0.4) is 0 Å². The fraction of sp³-hybridized carbons (Fsp3) is 1.00. The van der Waals surface area contributed by atoms with Crippen molar-refractivity contribution in [2.24, 2.45) is 0 Å². The van der Waals surface area contributed by atoms with E-state index < -0.39 is 0 Å². The van der Waals surface area contributed by atoms with Gasteiger partial charge in [0.2, 0.25) is 0 Å². The van der Waals surface area contributed by atoms with E-state index in [0.29, 0.717) is 0 Å². The average Bonchev–Trinajstić information content (AvgIpc) is 1.69. The molecule has 0 spiro atoms. The van der Waals surface area contributed by atoms with Gasteiger partial charge in [-0.15, -0.1) is 6.04 Å². The van der Waals surface area contributed by atoms with Crippen LogP contribution in [0.15, 0.2) is 0 Å². The van der Waals surface area contributed by atoms with Gasteiger partial charge in [0.25, 0.3) is 0 Å². The molecule has 1 aliphatic carbocycles. The maximum absolute atomic E-state index is 7.27. The summed E-state index contributed by atoms with van der Waals surface area (Å²) >= 11 is 0. The van der Waals surface area contributed by atoms with Gasteiger partial charge in [-0.2, -0.15) is 0 Å². The largest absolute Gasteiger partial charge is 3.00 e. The molecule has 0 aliphatic heterocycles. The molecule has 0 unspecified atom stereocenters. The number of halogens is 2. The zero-order valence-electron chi connectivity index (χ0n) is 5.87. The molecular formula is C6H12Cl2NZr. The number of hydrogen-bond acceptors (Lipinski definition) is 0. The Kier molecular flexibility index (Phi) is 18.2. The van der Waals surface area contributed by atoms with Gasteiger partial charge < -0.3 is 30.5 Å². The quantitative estimate of drug-likeness (QED) is 0.429. The first kappa shape index (κ1) is 17.5. The summed E-state index contributed by atoms with van der Waals surface area (Å²) in [7, 11) is 0. The number of rotatable bonds is 0. The standard InChI is InChI=1S/C6H12N.2ClH.Zr/c7-6-4-2-1-3-5-6;;;/h6-7H,1-5H2;2*1H;/q-1;;;+3/p-2. The van der Waals surface area contributed by atoms with Gasteiger partial charge in [0.05, 0.1) is 0 Å². The summed E-state index contributed by atoms with van der Waals surface area (Å²) in [4.78, 5) is 0. The van der Waals surface area contributed by atoms with Crippen molar-refractivity contribution in [2.45, 2.75) is 38.1 Å². The van der Waals surface area contributed by atoms with Gasteiger partial charge in [0, 0.05) is 0 Å². The Hall–Kier alpha value is 1.42. The summed E-state index contributed by atoms with van der Waals surface area (Å²) in [6, 6.07) is 0.286. The Morgan fingerprint density at radius 2 is 1.30 bits per heavy atom. The van der Waals surface area contributed by atoms with E-state index in [1.54, 1.807) is 0 Å². The Morgan fingerprint density at radius 3 is 1.50 bits per heavy atom. The van der Waals surface area contributed by atoms with E-state index in [2.05, 4.69) is 0 Å². The van der Waals surface area contributed by atoms with Crippen LogP contribution < -0.4 is 24.8 Å². The summed E-state index contributed by atoms with van der Waals surface area (Å²) in [6.07, 6.45) is 6.28. The molecule has 4 heteroatoms. The molecule has 1 rings (SSSR count). The van der Waals surface area contributed by atoms with Gasteiger partial charge in [0.1, 0.15) is 0 Å². The smallest absolute Gasteiger partial charge is 1.00 e. The second-order valence-corrected chi connectivity index (χ2v) is 2.33. The minimum Gasteiger partial charge on any atom is -1.00 e. The molecular weight excluding hydrogens is 248 g/mol. The van der Waals surface area contributed by atoms with Crippen molar-refractivity contribution in [1.29, 1.82) is 0 Å². The van der Waals surface area contributed by atoms with Crippen LogP contribution in [0.4, 0.5) is 0 Å². The number of hydrogen-bond donors (Lipinski definition) is 0. The topological polar surface area (TPSA) is 23.8 Å². The minimum atomic E-state index is 0. The summed E-state index contributed by atoms with van der Waals surface area (Å²) in [5.41, 5.74) is 7.27. The molecule has 1 aliphatic rings. The molecule has 0 bridgehead atoms. The average molecular weight is 260 g/mol. The predicted molar refractivity (Wildman–Crippen MR) is 31.2 cm³/mol. The Bertz CT molecular complexity index is 57.7. The predicted octanol–water partition coefficient (Wildman–Crippen LogP) is -3.62. The van der Waals surface area contributed by atoms with E-state index in [0.717, 1.165) is 12.8 Å². The Balaban J connectivity index is -0.000000163. The molecule has 1 nitrogen and oxygen atoms in total. The van der Waals surface area contributed by atoms with Crippen molar-refractivity contribution in [3.63, 3.8) is 0 Å². The monoisotopic (exact) mass is 258 g/mol. The molecule has 59 valence electrons. The SMILES string of the molecule is [Cl-].[Cl-].[NH-]C1CCCCC1.[Zr+3]. The third-order valence-electron chi connectivity index (χ3n) is 1.61. The molecule has 0 aromatic rings. The van der Waals surface area contributed by atoms with Crippen LogP contribution in [0.5, 0.6) is 0 Å². The zero-order chi connectivity index (χ0) is 5.11. The van der Waals surface area contributed by atoms with Crippen LogP contribution in [0, 0.1) is 0 Å². The van der Waals surface area contributed by atoms with Gasteiger partial charge in [0.15, 0.2) is 0 Å². The van der Waals surface area contributed by atoms with E-state index in [1.807, 2.05) is 0 Å². The van der Waals surface area contributed by atoms with Gasteiger partial charge in [-0.25, -0.2) is 0 Å². The normalized spacial score (nSPS) is 17.7. The van der Waals surface area contributed by atoms with E-state index >= 15 is 0 Å². The van der Waals surface area contributed by atoms with Crippen LogP contribution in [-0.2, 0) is 26.2 Å². The van der Waals surface area contributed by atoms with E-state index in [1.165, 1.54) is 19.3 Å². The second kappa shape index (κ2) is 10.4. The third-order valence-corrected chi connectivity index (χ3v) is 1.61. The molecule has 0 aromatic heterocycles. The zero-order valence-corrected chi connectivity index (χ0v) is 9.84. The Labute approximate surface area is 94.5 Å². The minimum absolute atomic E-state index is 0. The summed E-state index contributed by atoms with van der Waals surface area (Å²) in [6.45, 7) is 0. The summed E-state index contributed by atoms with van der Waals surface area (Å²) in [5.74, 6) is 0. The van der Waals surface area contributed by atoms with E-state index in [-0.39, 0.29) is 57.1 Å². The van der Waals surface area contributed by atoms with Crippen molar-refractivity contribution >= 4 is 0 Å². The van der Waals surface area contributed by atoms with Gasteiger partial charge >= 0.3 is 26.2 Å². The van der Waals surface area contributed by atoms with Gasteiger partial charge in [-0.05, 0) is 0 Å². The van der Waals surface area contributed by atoms with Crippen LogP contribution in [0.25, 0.3) is 5.73 Å². The van der Waals surface area contributed by atoms with Gasteiger partial charge in [-0.3, -0.25) is 0 Å². The molecule has 0 heterocycles. The maximum atomic E-state index is 7.27. The van der Waals surface area contributed by atoms with Crippen LogP contribution in [-0.4, -0.2) is 6.04 Å². The molecule has 0 amide bonds. The molecule has 1 radical (unpaired) electrons. The van der Waals surface area contributed by atoms with E-state index in [9.17, 15) is 0 Å². The van der Waals surface area contributed by atoms with Crippen molar-refractivity contribution in [3.05, 3.63) is 5.73 Å². The molecule has 0 saturated heterocycles. The fourth-order valence-corrected chi connectivity index (χ4v) is 1.10. The van der Waals surface area contributed by atoms with Crippen LogP contribution in [0.2, 0.25) is 0 Å². The summed E-state index contributed by atoms with van der Waals surface area (Å²) in [5, 5.41) is 0. The molecule has 10 heavy (non-hydrogen) atoms. The van der Waals surface area contributed by atoms with Crippen LogP contribution in [0.1, 0.15) is 32.1 Å². The van der Waals surface area contributed by atoms with Crippen molar-refractivity contribution in [2.75, 3.05) is 0 Å². The Morgan fingerprint density at radius 1 is 0.900 bits per heavy atom. The molecule has 0 atom stereocenters. The van der Waals surface area contributed by atoms with Crippen molar-refractivity contribution in [3.8, 4) is 0 Å². The fourth-order valence-electron chi connectivity index (χ4n) is 1.10. The van der Waals surface area contributed by atoms with Crippen molar-refractivity contribution < 1.29 is 51.0 Å². The molecule has 1 saturated carbocycles. The second-order valence-electron chi connectivity index (χ2n) is 2.33. The number of nitrogens with one attached hydrogen (secondary N) is 1.